The molecule has 92 valence electrons. The fraction of sp³-hybridized carbons (Fsp3) is 0.917. The average molecular weight is 225 g/mol. The van der Waals surface area contributed by atoms with Crippen molar-refractivity contribution in [2.75, 3.05) is 26.2 Å². The molecular formula is C12H23N3O. The van der Waals surface area contributed by atoms with Gasteiger partial charge in [-0.1, -0.05) is 0 Å². The van der Waals surface area contributed by atoms with Crippen molar-refractivity contribution in [2.24, 2.45) is 0 Å². The Labute approximate surface area is 98.6 Å². The number of morpholine rings is 1. The highest BCUT2D eigenvalue weighted by Crippen LogP contribution is 2.06. The molecule has 1 N–H and O–H groups in total. The summed E-state index contributed by atoms with van der Waals surface area (Å²) in [5, 5.41) is 12.3. The number of nitrogens with zero attached hydrogens (tertiary/aromatic N) is 2. The highest BCUT2D eigenvalue weighted by Gasteiger charge is 2.17. The van der Waals surface area contributed by atoms with E-state index >= 15 is 0 Å². The van der Waals surface area contributed by atoms with Crippen LogP contribution in [-0.2, 0) is 4.74 Å². The van der Waals surface area contributed by atoms with Gasteiger partial charge in [-0.15, -0.1) is 0 Å². The van der Waals surface area contributed by atoms with Crippen molar-refractivity contribution in [3.05, 3.63) is 0 Å². The van der Waals surface area contributed by atoms with Gasteiger partial charge in [0.2, 0.25) is 0 Å². The first-order valence-electron chi connectivity index (χ1n) is 6.11. The van der Waals surface area contributed by atoms with Crippen molar-refractivity contribution >= 4 is 0 Å². The number of nitrogens with one attached hydrogen (secondary N) is 1. The van der Waals surface area contributed by atoms with Gasteiger partial charge in [-0.3, -0.25) is 10.2 Å². The SMILES string of the molecule is CC(C)NC(C#N)CCN1CCOC(C)C1. The molecule has 0 aliphatic carbocycles. The first kappa shape index (κ1) is 13.4. The molecule has 1 aliphatic heterocycles. The fourth-order valence-electron chi connectivity index (χ4n) is 1.99. The molecular weight excluding hydrogens is 202 g/mol. The molecule has 0 aromatic heterocycles. The average Bonchev–Trinajstić information content (AvgIpc) is 2.24. The van der Waals surface area contributed by atoms with Gasteiger partial charge in [0.15, 0.2) is 0 Å². The van der Waals surface area contributed by atoms with Crippen molar-refractivity contribution in [3.63, 3.8) is 0 Å². The van der Waals surface area contributed by atoms with Crippen LogP contribution >= 0.6 is 0 Å². The van der Waals surface area contributed by atoms with E-state index in [1.165, 1.54) is 0 Å². The Hall–Kier alpha value is -0.630. The van der Waals surface area contributed by atoms with Gasteiger partial charge in [0.05, 0.1) is 24.8 Å². The summed E-state index contributed by atoms with van der Waals surface area (Å²) in [4.78, 5) is 2.38. The van der Waals surface area contributed by atoms with Crippen LogP contribution in [0.1, 0.15) is 27.2 Å². The second kappa shape index (κ2) is 6.85. The topological polar surface area (TPSA) is 48.3 Å². The highest BCUT2D eigenvalue weighted by molar-refractivity contribution is 4.91. The second-order valence-electron chi connectivity index (χ2n) is 4.77. The van der Waals surface area contributed by atoms with Crippen LogP contribution in [0.4, 0.5) is 0 Å². The lowest BCUT2D eigenvalue weighted by Crippen LogP contribution is -2.43. The van der Waals surface area contributed by atoms with E-state index in [0.717, 1.165) is 32.7 Å². The highest BCUT2D eigenvalue weighted by atomic mass is 16.5. The van der Waals surface area contributed by atoms with Gasteiger partial charge < -0.3 is 4.74 Å². The maximum atomic E-state index is 9.00. The van der Waals surface area contributed by atoms with Gasteiger partial charge >= 0.3 is 0 Å². The van der Waals surface area contributed by atoms with E-state index in [2.05, 4.69) is 37.1 Å². The van der Waals surface area contributed by atoms with Gasteiger partial charge in [0.25, 0.3) is 0 Å². The third-order valence-electron chi connectivity index (χ3n) is 2.75. The Morgan fingerprint density at radius 1 is 1.56 bits per heavy atom. The molecule has 0 spiro atoms. The molecule has 0 radical (unpaired) electrons. The normalized spacial score (nSPS) is 24.3. The summed E-state index contributed by atoms with van der Waals surface area (Å²) in [7, 11) is 0. The van der Waals surface area contributed by atoms with Gasteiger partial charge in [-0.2, -0.15) is 5.26 Å². The molecule has 0 bridgehead atoms. The first-order chi connectivity index (χ1) is 7.61. The Bertz CT molecular complexity index is 237. The van der Waals surface area contributed by atoms with Crippen molar-refractivity contribution < 1.29 is 4.74 Å². The molecule has 0 aromatic carbocycles. The van der Waals surface area contributed by atoms with Gasteiger partial charge in [0.1, 0.15) is 0 Å². The van der Waals surface area contributed by atoms with Crippen LogP contribution in [0.25, 0.3) is 0 Å². The summed E-state index contributed by atoms with van der Waals surface area (Å²) in [5.41, 5.74) is 0. The zero-order chi connectivity index (χ0) is 12.0. The maximum Gasteiger partial charge on any atom is 0.0967 e. The third-order valence-corrected chi connectivity index (χ3v) is 2.75. The molecule has 0 aromatic rings. The molecule has 4 nitrogen and oxygen atoms in total. The molecule has 2 unspecified atom stereocenters. The fourth-order valence-corrected chi connectivity index (χ4v) is 1.99. The molecule has 1 saturated heterocycles. The summed E-state index contributed by atoms with van der Waals surface area (Å²) < 4.78 is 5.48. The zero-order valence-electron chi connectivity index (χ0n) is 10.6. The minimum atomic E-state index is -0.0295. The van der Waals surface area contributed by atoms with Crippen LogP contribution < -0.4 is 5.32 Å². The molecule has 1 rings (SSSR count). The third kappa shape index (κ3) is 4.93. The standard InChI is InChI=1S/C12H23N3O/c1-10(2)14-12(8-13)4-5-15-6-7-16-11(3)9-15/h10-12,14H,4-7,9H2,1-3H3. The Balaban J connectivity index is 2.24. The summed E-state index contributed by atoms with van der Waals surface area (Å²) >= 11 is 0. The molecule has 0 amide bonds. The van der Waals surface area contributed by atoms with Crippen molar-refractivity contribution in [2.45, 2.75) is 45.4 Å². The Morgan fingerprint density at radius 2 is 2.31 bits per heavy atom. The lowest BCUT2D eigenvalue weighted by atomic mass is 10.2. The van der Waals surface area contributed by atoms with E-state index in [1.54, 1.807) is 0 Å². The van der Waals surface area contributed by atoms with E-state index in [1.807, 2.05) is 0 Å². The van der Waals surface area contributed by atoms with Crippen molar-refractivity contribution in [1.82, 2.24) is 10.2 Å². The quantitative estimate of drug-likeness (QED) is 0.758. The second-order valence-corrected chi connectivity index (χ2v) is 4.77. The number of ether oxygens (including phenoxy) is 1. The van der Waals surface area contributed by atoms with Crippen LogP contribution in [0, 0.1) is 11.3 Å². The Kier molecular flexibility index (Phi) is 5.75. The van der Waals surface area contributed by atoms with Crippen molar-refractivity contribution in [1.29, 1.82) is 5.26 Å². The number of hydrogen-bond donors (Lipinski definition) is 1. The molecule has 1 heterocycles. The molecule has 0 saturated carbocycles. The van der Waals surface area contributed by atoms with E-state index in [9.17, 15) is 0 Å². The van der Waals surface area contributed by atoms with E-state index in [-0.39, 0.29) is 6.04 Å². The van der Waals surface area contributed by atoms with Crippen LogP contribution in [0.2, 0.25) is 0 Å². The molecule has 2 atom stereocenters. The monoisotopic (exact) mass is 225 g/mol. The minimum Gasteiger partial charge on any atom is -0.376 e. The minimum absolute atomic E-state index is 0.0295. The van der Waals surface area contributed by atoms with Crippen molar-refractivity contribution in [3.8, 4) is 6.07 Å². The Morgan fingerprint density at radius 3 is 2.88 bits per heavy atom. The lowest BCUT2D eigenvalue weighted by Gasteiger charge is -2.31. The predicted molar refractivity (Wildman–Crippen MR) is 64.1 cm³/mol. The van der Waals surface area contributed by atoms with Gasteiger partial charge in [0, 0.05) is 25.7 Å². The molecule has 1 fully saturated rings. The largest absolute Gasteiger partial charge is 0.376 e. The molecule has 4 heteroatoms. The van der Waals surface area contributed by atoms with E-state index < -0.39 is 0 Å². The number of nitriles is 1. The number of rotatable bonds is 5. The lowest BCUT2D eigenvalue weighted by molar-refractivity contribution is -0.0188. The smallest absolute Gasteiger partial charge is 0.0967 e. The van der Waals surface area contributed by atoms with Crippen LogP contribution in [0.3, 0.4) is 0 Å². The number of hydrogen-bond acceptors (Lipinski definition) is 4. The predicted octanol–water partition coefficient (Wildman–Crippen LogP) is 0.987. The summed E-state index contributed by atoms with van der Waals surface area (Å²) in [5.74, 6) is 0. The van der Waals surface area contributed by atoms with Crippen LogP contribution in [0.5, 0.6) is 0 Å². The van der Waals surface area contributed by atoms with E-state index in [4.69, 9.17) is 10.00 Å². The summed E-state index contributed by atoms with van der Waals surface area (Å²) in [6, 6.07) is 2.65. The van der Waals surface area contributed by atoms with Gasteiger partial charge in [-0.25, -0.2) is 0 Å². The van der Waals surface area contributed by atoms with Crippen LogP contribution in [0.15, 0.2) is 0 Å². The molecule has 16 heavy (non-hydrogen) atoms. The van der Waals surface area contributed by atoms with E-state index in [0.29, 0.717) is 12.1 Å². The first-order valence-corrected chi connectivity index (χ1v) is 6.11. The summed E-state index contributed by atoms with van der Waals surface area (Å²) in [6.07, 6.45) is 1.22. The van der Waals surface area contributed by atoms with Gasteiger partial charge in [-0.05, 0) is 27.2 Å². The van der Waals surface area contributed by atoms with Crippen LogP contribution in [-0.4, -0.2) is 49.3 Å². The summed E-state index contributed by atoms with van der Waals surface area (Å²) in [6.45, 7) is 10.0. The maximum absolute atomic E-state index is 9.00. The zero-order valence-corrected chi connectivity index (χ0v) is 10.6. The molecule has 1 aliphatic rings.